The average Bonchev–Trinajstić information content (AvgIpc) is 1.27. The fourth-order valence-electron chi connectivity index (χ4n) is 0.268. The number of halogens is 2. The second-order valence-corrected chi connectivity index (χ2v) is 1.45. The van der Waals surface area contributed by atoms with Gasteiger partial charge >= 0.3 is 0 Å². The molecule has 0 aliphatic heterocycles. The summed E-state index contributed by atoms with van der Waals surface area (Å²) in [6.07, 6.45) is -3.67. The lowest BCUT2D eigenvalue weighted by atomic mass is 10.3. The van der Waals surface area contributed by atoms with Gasteiger partial charge in [-0.1, -0.05) is 0 Å². The predicted molar refractivity (Wildman–Crippen MR) is 22.3 cm³/mol. The topological polar surface area (TPSA) is 20.2 Å². The average molecular weight is 110 g/mol. The smallest absolute Gasteiger partial charge is 0.199 e. The molecule has 0 aromatic heterocycles. The second kappa shape index (κ2) is 2.91. The van der Waals surface area contributed by atoms with Gasteiger partial charge in [-0.3, -0.25) is 0 Å². The van der Waals surface area contributed by atoms with E-state index in [1.807, 2.05) is 0 Å². The molecule has 7 heavy (non-hydrogen) atoms. The van der Waals surface area contributed by atoms with Crippen LogP contribution in [0.1, 0.15) is 13.3 Å². The summed E-state index contributed by atoms with van der Waals surface area (Å²) >= 11 is 0. The highest BCUT2D eigenvalue weighted by Gasteiger charge is 2.04. The second-order valence-electron chi connectivity index (χ2n) is 1.45. The van der Waals surface area contributed by atoms with Gasteiger partial charge in [0, 0.05) is 6.42 Å². The SMILES string of the molecule is CC(F)CC(O)F. The third-order valence-electron chi connectivity index (χ3n) is 0.519. The molecule has 0 saturated heterocycles. The molecule has 44 valence electrons. The van der Waals surface area contributed by atoms with Gasteiger partial charge in [-0.25, -0.2) is 8.78 Å². The van der Waals surface area contributed by atoms with Gasteiger partial charge in [-0.15, -0.1) is 0 Å². The van der Waals surface area contributed by atoms with E-state index in [4.69, 9.17) is 5.11 Å². The van der Waals surface area contributed by atoms with Gasteiger partial charge in [0.1, 0.15) is 6.17 Å². The minimum Gasteiger partial charge on any atom is -0.364 e. The Morgan fingerprint density at radius 1 is 1.57 bits per heavy atom. The van der Waals surface area contributed by atoms with Crippen LogP contribution in [0, 0.1) is 0 Å². The molecule has 0 spiro atoms. The summed E-state index contributed by atoms with van der Waals surface area (Å²) in [7, 11) is 0. The highest BCUT2D eigenvalue weighted by atomic mass is 19.2. The Labute approximate surface area is 41.0 Å². The van der Waals surface area contributed by atoms with Crippen LogP contribution < -0.4 is 0 Å². The lowest BCUT2D eigenvalue weighted by molar-refractivity contribution is 0.0166. The standard InChI is InChI=1S/C4H8F2O/c1-3(5)2-4(6)7/h3-4,7H,2H2,1H3. The molecule has 2 atom stereocenters. The highest BCUT2D eigenvalue weighted by Crippen LogP contribution is 2.00. The molecule has 0 bridgehead atoms. The number of rotatable bonds is 2. The van der Waals surface area contributed by atoms with Crippen molar-refractivity contribution in [1.29, 1.82) is 0 Å². The van der Waals surface area contributed by atoms with Gasteiger partial charge in [-0.05, 0) is 6.92 Å². The van der Waals surface area contributed by atoms with Crippen LogP contribution in [0.2, 0.25) is 0 Å². The van der Waals surface area contributed by atoms with Crippen LogP contribution in [0.15, 0.2) is 0 Å². The monoisotopic (exact) mass is 110 g/mol. The van der Waals surface area contributed by atoms with E-state index in [1.165, 1.54) is 6.92 Å². The first kappa shape index (κ1) is 6.82. The number of hydrogen-bond donors (Lipinski definition) is 1. The molecule has 0 aromatic rings. The van der Waals surface area contributed by atoms with Gasteiger partial charge in [0.15, 0.2) is 6.36 Å². The fourth-order valence-corrected chi connectivity index (χ4v) is 0.268. The molecule has 1 nitrogen and oxygen atoms in total. The van der Waals surface area contributed by atoms with Crippen LogP contribution in [0.5, 0.6) is 0 Å². The van der Waals surface area contributed by atoms with E-state index in [-0.39, 0.29) is 0 Å². The zero-order chi connectivity index (χ0) is 5.86. The lowest BCUT2D eigenvalue weighted by Crippen LogP contribution is -2.04. The van der Waals surface area contributed by atoms with Crippen LogP contribution in [0.4, 0.5) is 8.78 Å². The molecule has 3 heteroatoms. The molecule has 0 rings (SSSR count). The van der Waals surface area contributed by atoms with E-state index in [1.54, 1.807) is 0 Å². The van der Waals surface area contributed by atoms with Crippen LogP contribution in [0.25, 0.3) is 0 Å². The fraction of sp³-hybridized carbons (Fsp3) is 1.00. The largest absolute Gasteiger partial charge is 0.364 e. The van der Waals surface area contributed by atoms with Crippen molar-refractivity contribution >= 4 is 0 Å². The Bertz CT molecular complexity index is 39.0. The molecule has 0 aromatic carbocycles. The van der Waals surface area contributed by atoms with Crippen molar-refractivity contribution < 1.29 is 13.9 Å². The molecule has 0 aliphatic rings. The maximum atomic E-state index is 11.6. The van der Waals surface area contributed by atoms with Crippen molar-refractivity contribution in [3.63, 3.8) is 0 Å². The summed E-state index contributed by atoms with van der Waals surface area (Å²) in [5, 5.41) is 7.82. The van der Waals surface area contributed by atoms with Gasteiger partial charge in [0.25, 0.3) is 0 Å². The summed E-state index contributed by atoms with van der Waals surface area (Å²) in [5.41, 5.74) is 0. The molecule has 0 saturated carbocycles. The first-order valence-corrected chi connectivity index (χ1v) is 2.09. The minimum absolute atomic E-state index is 0.417. The Hall–Kier alpha value is -0.180. The van der Waals surface area contributed by atoms with Crippen molar-refractivity contribution in [2.75, 3.05) is 0 Å². The zero-order valence-corrected chi connectivity index (χ0v) is 4.06. The van der Waals surface area contributed by atoms with Crippen molar-refractivity contribution in [2.45, 2.75) is 25.9 Å². The van der Waals surface area contributed by atoms with Gasteiger partial charge in [0.05, 0.1) is 0 Å². The maximum Gasteiger partial charge on any atom is 0.199 e. The maximum absolute atomic E-state index is 11.6. The van der Waals surface area contributed by atoms with Crippen molar-refractivity contribution in [2.24, 2.45) is 0 Å². The molecule has 2 unspecified atom stereocenters. The summed E-state index contributed by atoms with van der Waals surface area (Å²) in [4.78, 5) is 0. The van der Waals surface area contributed by atoms with Crippen molar-refractivity contribution in [3.8, 4) is 0 Å². The highest BCUT2D eigenvalue weighted by molar-refractivity contribution is 4.46. The predicted octanol–water partition coefficient (Wildman–Crippen LogP) is 1.02. The van der Waals surface area contributed by atoms with E-state index in [0.717, 1.165) is 0 Å². The number of aliphatic hydroxyl groups is 1. The van der Waals surface area contributed by atoms with Crippen LogP contribution >= 0.6 is 0 Å². The van der Waals surface area contributed by atoms with Crippen molar-refractivity contribution in [1.82, 2.24) is 0 Å². The Balaban J connectivity index is 2.95. The van der Waals surface area contributed by atoms with Gasteiger partial charge < -0.3 is 5.11 Å². The zero-order valence-electron chi connectivity index (χ0n) is 4.06. The molecule has 0 fully saturated rings. The number of hydrogen-bond acceptors (Lipinski definition) is 1. The Kier molecular flexibility index (Phi) is 2.83. The number of aliphatic hydroxyl groups excluding tert-OH is 1. The Morgan fingerprint density at radius 3 is 2.00 bits per heavy atom. The van der Waals surface area contributed by atoms with E-state index in [9.17, 15) is 8.78 Å². The quantitative estimate of drug-likeness (QED) is 0.562. The minimum atomic E-state index is -2.00. The molecule has 0 amide bonds. The first-order chi connectivity index (χ1) is 3.13. The summed E-state index contributed by atoms with van der Waals surface area (Å²) < 4.78 is 22.8. The summed E-state index contributed by atoms with van der Waals surface area (Å²) in [6.45, 7) is 1.20. The first-order valence-electron chi connectivity index (χ1n) is 2.09. The normalized spacial score (nSPS) is 18.9. The van der Waals surface area contributed by atoms with Crippen molar-refractivity contribution in [3.05, 3.63) is 0 Å². The summed E-state index contributed by atoms with van der Waals surface area (Å²) in [6, 6.07) is 0. The molecule has 0 aliphatic carbocycles. The van der Waals surface area contributed by atoms with Crippen LogP contribution in [0.3, 0.4) is 0 Å². The molecule has 1 N–H and O–H groups in total. The van der Waals surface area contributed by atoms with E-state index in [0.29, 0.717) is 0 Å². The number of alkyl halides is 2. The molecular formula is C4H8F2O. The van der Waals surface area contributed by atoms with Crippen LogP contribution in [-0.4, -0.2) is 17.6 Å². The Morgan fingerprint density at radius 2 is 2.00 bits per heavy atom. The van der Waals surface area contributed by atoms with Gasteiger partial charge in [0.2, 0.25) is 0 Å². The summed E-state index contributed by atoms with van der Waals surface area (Å²) in [5.74, 6) is 0. The molecule has 0 heterocycles. The molecular weight excluding hydrogens is 102 g/mol. The third kappa shape index (κ3) is 5.82. The van der Waals surface area contributed by atoms with Crippen LogP contribution in [-0.2, 0) is 0 Å². The lowest BCUT2D eigenvalue weighted by Gasteiger charge is -1.98. The van der Waals surface area contributed by atoms with E-state index in [2.05, 4.69) is 0 Å². The van der Waals surface area contributed by atoms with E-state index < -0.39 is 19.0 Å². The third-order valence-corrected chi connectivity index (χ3v) is 0.519. The molecule has 0 radical (unpaired) electrons. The van der Waals surface area contributed by atoms with E-state index >= 15 is 0 Å². The van der Waals surface area contributed by atoms with Gasteiger partial charge in [-0.2, -0.15) is 0 Å².